The van der Waals surface area contributed by atoms with E-state index in [0.29, 0.717) is 0 Å². The minimum atomic E-state index is 0. The third-order valence-electron chi connectivity index (χ3n) is 1.17. The van der Waals surface area contributed by atoms with Crippen molar-refractivity contribution in [1.29, 1.82) is 0 Å². The van der Waals surface area contributed by atoms with E-state index < -0.39 is 0 Å². The van der Waals surface area contributed by atoms with Gasteiger partial charge in [-0.15, -0.1) is 0 Å². The van der Waals surface area contributed by atoms with Crippen LogP contribution >= 0.6 is 0 Å². The Bertz CT molecular complexity index is 82.5. The first-order chi connectivity index (χ1) is 3.43. The third kappa shape index (κ3) is 2.16. The molecule has 2 nitrogen and oxygen atoms in total. The maximum atomic E-state index is 4.04. The predicted molar refractivity (Wildman–Crippen MR) is 36.4 cm³/mol. The Morgan fingerprint density at radius 2 is 2.50 bits per heavy atom. The molecule has 0 saturated carbocycles. The first kappa shape index (κ1) is 8.47. The predicted octanol–water partition coefficient (Wildman–Crippen LogP) is -0.0306. The molecule has 1 heterocycles. The molecule has 0 fully saturated rings. The zero-order valence-electron chi connectivity index (χ0n) is 5.59. The van der Waals surface area contributed by atoms with Gasteiger partial charge in [-0.25, -0.2) is 0 Å². The van der Waals surface area contributed by atoms with Crippen molar-refractivity contribution in [1.82, 2.24) is 4.90 Å². The Morgan fingerprint density at radius 3 is 2.75 bits per heavy atom. The molecule has 0 bridgehead atoms. The average Bonchev–Trinajstić information content (AvgIpc) is 2.14. The molecule has 0 aromatic heterocycles. The van der Waals surface area contributed by atoms with Gasteiger partial charge in [0, 0.05) is 42.6 Å². The summed E-state index contributed by atoms with van der Waals surface area (Å²) < 4.78 is 0. The molecule has 0 N–H and O–H groups in total. The fourth-order valence-corrected chi connectivity index (χ4v) is 0.657. The summed E-state index contributed by atoms with van der Waals surface area (Å²) in [5.41, 5.74) is 0. The second-order valence-electron chi connectivity index (χ2n) is 1.65. The van der Waals surface area contributed by atoms with Crippen LogP contribution in [0.25, 0.3) is 0 Å². The second-order valence-corrected chi connectivity index (χ2v) is 1.65. The summed E-state index contributed by atoms with van der Waals surface area (Å²) in [6, 6.07) is 0. The van der Waals surface area contributed by atoms with Crippen molar-refractivity contribution >= 4 is 35.9 Å². The van der Waals surface area contributed by atoms with E-state index in [4.69, 9.17) is 0 Å². The van der Waals surface area contributed by atoms with Gasteiger partial charge in [-0.05, 0) is 6.92 Å². The molecule has 0 aromatic carbocycles. The van der Waals surface area contributed by atoms with Gasteiger partial charge in [0.15, 0.2) is 0 Å². The van der Waals surface area contributed by atoms with Gasteiger partial charge in [-0.3, -0.25) is 4.99 Å². The van der Waals surface area contributed by atoms with Crippen LogP contribution in [0.15, 0.2) is 4.99 Å². The van der Waals surface area contributed by atoms with Crippen LogP contribution < -0.4 is 0 Å². The first-order valence-corrected chi connectivity index (χ1v) is 2.67. The summed E-state index contributed by atoms with van der Waals surface area (Å²) in [4.78, 5) is 6.23. The maximum Gasteiger partial charge on any atom is 0.0851 e. The largest absolute Gasteiger partial charge is 0.361 e. The van der Waals surface area contributed by atoms with Gasteiger partial charge in [0.1, 0.15) is 0 Å². The standard InChI is InChI=1S/C5H10N2.Na/c1-2-7-4-3-6-5-7;/h5H,2-4H2,1H3;. The van der Waals surface area contributed by atoms with E-state index in [2.05, 4.69) is 16.8 Å². The Morgan fingerprint density at radius 1 is 1.75 bits per heavy atom. The molecule has 8 heavy (non-hydrogen) atoms. The van der Waals surface area contributed by atoms with Crippen LogP contribution in [0, 0.1) is 0 Å². The molecule has 0 spiro atoms. The molecule has 0 saturated heterocycles. The topological polar surface area (TPSA) is 15.6 Å². The summed E-state index contributed by atoms with van der Waals surface area (Å²) in [6.07, 6.45) is 1.92. The molecular weight excluding hydrogens is 111 g/mol. The Hall–Kier alpha value is 0.470. The number of likely N-dealkylation sites (N-methyl/N-ethyl adjacent to an activating group) is 1. The molecule has 41 valence electrons. The van der Waals surface area contributed by atoms with Crippen molar-refractivity contribution in [3.05, 3.63) is 0 Å². The average molecular weight is 121 g/mol. The Labute approximate surface area is 72.3 Å². The van der Waals surface area contributed by atoms with E-state index >= 15 is 0 Å². The molecule has 3 heteroatoms. The van der Waals surface area contributed by atoms with Crippen molar-refractivity contribution in [2.24, 2.45) is 4.99 Å². The molecule has 0 unspecified atom stereocenters. The van der Waals surface area contributed by atoms with Gasteiger partial charge in [-0.1, -0.05) is 0 Å². The fourth-order valence-electron chi connectivity index (χ4n) is 0.657. The zero-order valence-corrected chi connectivity index (χ0v) is 7.59. The van der Waals surface area contributed by atoms with E-state index in [1.54, 1.807) is 0 Å². The second kappa shape index (κ2) is 4.36. The molecule has 0 aromatic rings. The summed E-state index contributed by atoms with van der Waals surface area (Å²) in [5.74, 6) is 0. The van der Waals surface area contributed by atoms with Gasteiger partial charge in [-0.2, -0.15) is 0 Å². The quantitative estimate of drug-likeness (QED) is 0.445. The van der Waals surface area contributed by atoms with Gasteiger partial charge < -0.3 is 4.90 Å². The summed E-state index contributed by atoms with van der Waals surface area (Å²) >= 11 is 0. The third-order valence-corrected chi connectivity index (χ3v) is 1.17. The van der Waals surface area contributed by atoms with Gasteiger partial charge >= 0.3 is 0 Å². The monoisotopic (exact) mass is 121 g/mol. The molecule has 1 rings (SSSR count). The number of aliphatic imine (C=N–C) groups is 1. The maximum absolute atomic E-state index is 4.04. The first-order valence-electron chi connectivity index (χ1n) is 2.67. The Kier molecular flexibility index (Phi) is 4.61. The van der Waals surface area contributed by atoms with Crippen molar-refractivity contribution in [3.63, 3.8) is 0 Å². The van der Waals surface area contributed by atoms with Crippen molar-refractivity contribution in [2.45, 2.75) is 6.92 Å². The van der Waals surface area contributed by atoms with E-state index in [9.17, 15) is 0 Å². The van der Waals surface area contributed by atoms with Crippen molar-refractivity contribution in [2.75, 3.05) is 19.6 Å². The van der Waals surface area contributed by atoms with E-state index in [1.807, 2.05) is 6.34 Å². The SMILES string of the molecule is CCN1C=NCC1.[Na]. The summed E-state index contributed by atoms with van der Waals surface area (Å²) in [7, 11) is 0. The normalized spacial score (nSPS) is 16.4. The van der Waals surface area contributed by atoms with Crippen LogP contribution in [0.1, 0.15) is 6.92 Å². The van der Waals surface area contributed by atoms with Gasteiger partial charge in [0.25, 0.3) is 0 Å². The van der Waals surface area contributed by atoms with E-state index in [1.165, 1.54) is 0 Å². The molecular formula is C5H10N2Na. The zero-order chi connectivity index (χ0) is 5.11. The van der Waals surface area contributed by atoms with E-state index in [0.717, 1.165) is 19.6 Å². The number of hydrogen-bond donors (Lipinski definition) is 0. The van der Waals surface area contributed by atoms with Crippen LogP contribution in [-0.2, 0) is 0 Å². The number of hydrogen-bond acceptors (Lipinski definition) is 2. The number of rotatable bonds is 1. The van der Waals surface area contributed by atoms with Gasteiger partial charge in [0.2, 0.25) is 0 Å². The fraction of sp³-hybridized carbons (Fsp3) is 0.800. The molecule has 0 amide bonds. The van der Waals surface area contributed by atoms with Gasteiger partial charge in [0.05, 0.1) is 12.9 Å². The van der Waals surface area contributed by atoms with Crippen molar-refractivity contribution in [3.8, 4) is 0 Å². The minimum absolute atomic E-state index is 0. The number of nitrogens with zero attached hydrogens (tertiary/aromatic N) is 2. The van der Waals surface area contributed by atoms with Crippen LogP contribution in [0.2, 0.25) is 0 Å². The van der Waals surface area contributed by atoms with E-state index in [-0.39, 0.29) is 29.6 Å². The van der Waals surface area contributed by atoms with Crippen LogP contribution in [0.5, 0.6) is 0 Å². The molecule has 1 aliphatic rings. The molecule has 0 atom stereocenters. The summed E-state index contributed by atoms with van der Waals surface area (Å²) in [6.45, 7) is 5.35. The molecule has 0 aliphatic carbocycles. The minimum Gasteiger partial charge on any atom is -0.361 e. The van der Waals surface area contributed by atoms with Crippen molar-refractivity contribution < 1.29 is 0 Å². The molecule has 1 radical (unpaired) electrons. The van der Waals surface area contributed by atoms with Crippen LogP contribution in [-0.4, -0.2) is 60.4 Å². The molecule has 1 aliphatic heterocycles. The Balaban J connectivity index is 0.000000490. The summed E-state index contributed by atoms with van der Waals surface area (Å²) in [5, 5.41) is 0. The smallest absolute Gasteiger partial charge is 0.0851 e. The van der Waals surface area contributed by atoms with Crippen LogP contribution in [0.4, 0.5) is 0 Å². The van der Waals surface area contributed by atoms with Crippen LogP contribution in [0.3, 0.4) is 0 Å².